The lowest BCUT2D eigenvalue weighted by atomic mass is 9.88. The number of urea groups is 1. The second kappa shape index (κ2) is 8.58. The quantitative estimate of drug-likeness (QED) is 0.831. The summed E-state index contributed by atoms with van der Waals surface area (Å²) >= 11 is 0. The zero-order chi connectivity index (χ0) is 19.3. The van der Waals surface area contributed by atoms with Gasteiger partial charge in [0.25, 0.3) is 0 Å². The fourth-order valence-corrected chi connectivity index (χ4v) is 3.80. The minimum atomic E-state index is -0.185. The summed E-state index contributed by atoms with van der Waals surface area (Å²) in [7, 11) is 1.63. The van der Waals surface area contributed by atoms with Gasteiger partial charge in [0, 0.05) is 36.4 Å². The van der Waals surface area contributed by atoms with Gasteiger partial charge in [0.1, 0.15) is 5.75 Å². The van der Waals surface area contributed by atoms with Gasteiger partial charge in [-0.15, -0.1) is 0 Å². The summed E-state index contributed by atoms with van der Waals surface area (Å²) in [6.07, 6.45) is 2.61. The SMILES string of the molecule is COc1ccc(C2CN(C3COC3)CCC2NC(=O)Nc2ccccc2)nc1. The van der Waals surface area contributed by atoms with Crippen molar-refractivity contribution in [2.45, 2.75) is 24.4 Å². The van der Waals surface area contributed by atoms with E-state index in [9.17, 15) is 4.79 Å². The van der Waals surface area contributed by atoms with Crippen LogP contribution in [0.5, 0.6) is 5.75 Å². The number of carbonyl (C=O) groups excluding carboxylic acids is 1. The summed E-state index contributed by atoms with van der Waals surface area (Å²) < 4.78 is 10.6. The monoisotopic (exact) mass is 382 g/mol. The van der Waals surface area contributed by atoms with Crippen molar-refractivity contribution in [3.63, 3.8) is 0 Å². The molecule has 0 aliphatic carbocycles. The highest BCUT2D eigenvalue weighted by molar-refractivity contribution is 5.89. The van der Waals surface area contributed by atoms with Gasteiger partial charge in [0.15, 0.2) is 0 Å². The molecule has 2 fully saturated rings. The van der Waals surface area contributed by atoms with Gasteiger partial charge >= 0.3 is 6.03 Å². The van der Waals surface area contributed by atoms with Gasteiger partial charge in [0.2, 0.25) is 0 Å². The van der Waals surface area contributed by atoms with Crippen molar-refractivity contribution in [1.29, 1.82) is 0 Å². The van der Waals surface area contributed by atoms with Gasteiger partial charge in [-0.05, 0) is 30.7 Å². The molecule has 2 aromatic rings. The van der Waals surface area contributed by atoms with E-state index in [4.69, 9.17) is 9.47 Å². The minimum Gasteiger partial charge on any atom is -0.495 e. The molecule has 7 heteroatoms. The van der Waals surface area contributed by atoms with Crippen LogP contribution in [0.3, 0.4) is 0 Å². The molecular weight excluding hydrogens is 356 g/mol. The molecule has 2 aliphatic rings. The van der Waals surface area contributed by atoms with Gasteiger partial charge in [0.05, 0.1) is 32.6 Å². The highest BCUT2D eigenvalue weighted by atomic mass is 16.5. The summed E-state index contributed by atoms with van der Waals surface area (Å²) in [6.45, 7) is 3.37. The Morgan fingerprint density at radius 3 is 2.68 bits per heavy atom. The van der Waals surface area contributed by atoms with E-state index in [2.05, 4.69) is 20.5 Å². The number of ether oxygens (including phenoxy) is 2. The first-order valence-corrected chi connectivity index (χ1v) is 9.67. The molecule has 2 aliphatic heterocycles. The van der Waals surface area contributed by atoms with E-state index in [1.54, 1.807) is 13.3 Å². The number of likely N-dealkylation sites (tertiary alicyclic amines) is 1. The standard InChI is InChI=1S/C21H26N4O3/c1-27-17-7-8-19(22-11-17)18-12-25(16-13-28-14-16)10-9-20(18)24-21(26)23-15-5-3-2-4-6-15/h2-8,11,16,18,20H,9-10,12-14H2,1H3,(H2,23,24,26). The van der Waals surface area contributed by atoms with Gasteiger partial charge in [-0.1, -0.05) is 18.2 Å². The third kappa shape index (κ3) is 4.26. The number of carbonyl (C=O) groups is 1. The molecule has 0 radical (unpaired) electrons. The van der Waals surface area contributed by atoms with Crippen LogP contribution in [0.2, 0.25) is 0 Å². The third-order valence-corrected chi connectivity index (χ3v) is 5.50. The lowest BCUT2D eigenvalue weighted by molar-refractivity contribution is -0.0744. The molecular formula is C21H26N4O3. The Labute approximate surface area is 165 Å². The van der Waals surface area contributed by atoms with E-state index in [-0.39, 0.29) is 18.0 Å². The van der Waals surface area contributed by atoms with Crippen LogP contribution in [0.15, 0.2) is 48.7 Å². The Kier molecular flexibility index (Phi) is 5.73. The first-order chi connectivity index (χ1) is 13.7. The highest BCUT2D eigenvalue weighted by Gasteiger charge is 2.37. The Balaban J connectivity index is 1.47. The molecule has 2 N–H and O–H groups in total. The van der Waals surface area contributed by atoms with Gasteiger partial charge in [-0.25, -0.2) is 4.79 Å². The van der Waals surface area contributed by atoms with Crippen LogP contribution in [0.1, 0.15) is 18.0 Å². The number of amides is 2. The van der Waals surface area contributed by atoms with Gasteiger partial charge < -0.3 is 20.1 Å². The Morgan fingerprint density at radius 2 is 2.04 bits per heavy atom. The Bertz CT molecular complexity index is 780. The summed E-state index contributed by atoms with van der Waals surface area (Å²) in [6, 6.07) is 13.7. The number of nitrogens with zero attached hydrogens (tertiary/aromatic N) is 2. The molecule has 2 atom stereocenters. The number of hydrogen-bond acceptors (Lipinski definition) is 5. The van der Waals surface area contributed by atoms with Crippen LogP contribution >= 0.6 is 0 Å². The van der Waals surface area contributed by atoms with E-state index >= 15 is 0 Å². The average Bonchev–Trinajstić information content (AvgIpc) is 2.68. The van der Waals surface area contributed by atoms with Crippen molar-refractivity contribution >= 4 is 11.7 Å². The number of hydrogen-bond donors (Lipinski definition) is 2. The Hall–Kier alpha value is -2.64. The molecule has 0 bridgehead atoms. The van der Waals surface area contributed by atoms with Crippen LogP contribution in [-0.2, 0) is 4.74 Å². The number of benzene rings is 1. The number of piperidine rings is 1. The summed E-state index contributed by atoms with van der Waals surface area (Å²) in [5, 5.41) is 6.07. The molecule has 3 heterocycles. The molecule has 2 unspecified atom stereocenters. The smallest absolute Gasteiger partial charge is 0.319 e. The van der Waals surface area contributed by atoms with Crippen molar-refractivity contribution in [3.05, 3.63) is 54.4 Å². The van der Waals surface area contributed by atoms with E-state index in [1.165, 1.54) is 0 Å². The van der Waals surface area contributed by atoms with E-state index in [0.29, 0.717) is 6.04 Å². The minimum absolute atomic E-state index is 0.0156. The van der Waals surface area contributed by atoms with Gasteiger partial charge in [-0.3, -0.25) is 9.88 Å². The van der Waals surface area contributed by atoms with Crippen molar-refractivity contribution in [2.75, 3.05) is 38.7 Å². The molecule has 2 saturated heterocycles. The summed E-state index contributed by atoms with van der Waals surface area (Å²) in [5.74, 6) is 0.844. The number of pyridine rings is 1. The average molecular weight is 382 g/mol. The Morgan fingerprint density at radius 1 is 1.21 bits per heavy atom. The van der Waals surface area contributed by atoms with Crippen LogP contribution < -0.4 is 15.4 Å². The summed E-state index contributed by atoms with van der Waals surface area (Å²) in [4.78, 5) is 19.6. The van der Waals surface area contributed by atoms with E-state index in [0.717, 1.165) is 49.9 Å². The molecule has 0 spiro atoms. The number of anilines is 1. The predicted octanol–water partition coefficient (Wildman–Crippen LogP) is 2.47. The first kappa shape index (κ1) is 18.7. The molecule has 2 amide bonds. The second-order valence-electron chi connectivity index (χ2n) is 7.28. The van der Waals surface area contributed by atoms with Crippen molar-refractivity contribution in [2.24, 2.45) is 0 Å². The maximum absolute atomic E-state index is 12.5. The van der Waals surface area contributed by atoms with Crippen LogP contribution in [0.25, 0.3) is 0 Å². The van der Waals surface area contributed by atoms with Crippen LogP contribution in [-0.4, -0.2) is 61.4 Å². The first-order valence-electron chi connectivity index (χ1n) is 9.67. The number of aromatic nitrogens is 1. The van der Waals surface area contributed by atoms with Crippen molar-refractivity contribution in [3.8, 4) is 5.75 Å². The zero-order valence-corrected chi connectivity index (χ0v) is 16.0. The van der Waals surface area contributed by atoms with Crippen LogP contribution in [0, 0.1) is 0 Å². The number of nitrogens with one attached hydrogen (secondary N) is 2. The highest BCUT2D eigenvalue weighted by Crippen LogP contribution is 2.29. The number of para-hydroxylation sites is 1. The normalized spacial score (nSPS) is 22.9. The molecule has 0 saturated carbocycles. The number of methoxy groups -OCH3 is 1. The van der Waals surface area contributed by atoms with Gasteiger partial charge in [-0.2, -0.15) is 0 Å². The third-order valence-electron chi connectivity index (χ3n) is 5.50. The molecule has 7 nitrogen and oxygen atoms in total. The largest absolute Gasteiger partial charge is 0.495 e. The lowest BCUT2D eigenvalue weighted by Crippen LogP contribution is -2.57. The fraction of sp³-hybridized carbons (Fsp3) is 0.429. The lowest BCUT2D eigenvalue weighted by Gasteiger charge is -2.44. The number of rotatable bonds is 5. The summed E-state index contributed by atoms with van der Waals surface area (Å²) in [5.41, 5.74) is 1.75. The zero-order valence-electron chi connectivity index (χ0n) is 16.0. The fourth-order valence-electron chi connectivity index (χ4n) is 3.80. The second-order valence-corrected chi connectivity index (χ2v) is 7.28. The van der Waals surface area contributed by atoms with Crippen molar-refractivity contribution in [1.82, 2.24) is 15.2 Å². The maximum atomic E-state index is 12.5. The maximum Gasteiger partial charge on any atom is 0.319 e. The van der Waals surface area contributed by atoms with Crippen LogP contribution in [0.4, 0.5) is 10.5 Å². The molecule has 1 aromatic heterocycles. The van der Waals surface area contributed by atoms with E-state index < -0.39 is 0 Å². The van der Waals surface area contributed by atoms with E-state index in [1.807, 2.05) is 42.5 Å². The molecule has 1 aromatic carbocycles. The predicted molar refractivity (Wildman–Crippen MR) is 107 cm³/mol. The molecule has 28 heavy (non-hydrogen) atoms. The van der Waals surface area contributed by atoms with Crippen molar-refractivity contribution < 1.29 is 14.3 Å². The topological polar surface area (TPSA) is 75.7 Å². The molecule has 4 rings (SSSR count). The molecule has 148 valence electrons.